The van der Waals surface area contributed by atoms with Crippen LogP contribution in [0.2, 0.25) is 0 Å². The summed E-state index contributed by atoms with van der Waals surface area (Å²) >= 11 is 3.73. The molecule has 0 spiro atoms. The monoisotopic (exact) mass is 553 g/mol. The highest BCUT2D eigenvalue weighted by molar-refractivity contribution is 9.10. The summed E-state index contributed by atoms with van der Waals surface area (Å²) < 4.78 is 5.47. The summed E-state index contributed by atoms with van der Waals surface area (Å²) in [5.74, 6) is -0.117. The molecule has 1 unspecified atom stereocenters. The topological polar surface area (TPSA) is 61.9 Å². The molecule has 0 bridgehead atoms. The van der Waals surface area contributed by atoms with Gasteiger partial charge in [0.2, 0.25) is 5.91 Å². The number of ether oxygens (including phenoxy) is 1. The van der Waals surface area contributed by atoms with Crippen LogP contribution in [0.5, 0.6) is 0 Å². The Labute approximate surface area is 223 Å². The SMILES string of the molecule is CCOC(C)=O.CN(C)c1ccc(/C=C/C=C/C23NC(=O)CCN2c2c(Br)cccc2C3(C)C)cc1. The third-order valence-corrected chi connectivity index (χ3v) is 7.34. The number of fused-ring (bicyclic) bond motifs is 3. The average Bonchev–Trinajstić information content (AvgIpc) is 3.02. The molecular formula is C29H36BrN3O3. The van der Waals surface area contributed by atoms with E-state index in [2.05, 4.69) is 110 Å². The molecule has 2 aromatic rings. The third-order valence-electron chi connectivity index (χ3n) is 6.70. The number of amides is 1. The molecule has 1 fully saturated rings. The molecule has 2 aliphatic rings. The van der Waals surface area contributed by atoms with Crippen molar-refractivity contribution in [3.05, 3.63) is 76.3 Å². The second-order valence-electron chi connectivity index (χ2n) is 9.61. The van der Waals surface area contributed by atoms with Gasteiger partial charge in [0.15, 0.2) is 0 Å². The van der Waals surface area contributed by atoms with Crippen LogP contribution in [0.1, 0.15) is 45.2 Å². The summed E-state index contributed by atoms with van der Waals surface area (Å²) in [6.45, 7) is 8.76. The van der Waals surface area contributed by atoms with Gasteiger partial charge in [-0.15, -0.1) is 0 Å². The van der Waals surface area contributed by atoms with Crippen molar-refractivity contribution in [3.63, 3.8) is 0 Å². The Kier molecular flexibility index (Phi) is 8.67. The number of nitrogens with one attached hydrogen (secondary N) is 1. The standard InChI is InChI=1S/C25H28BrN3O.C4H8O2/c1-24(2)20-9-7-10-21(26)23(20)29-17-15-22(30)27-25(24,29)16-6-5-8-18-11-13-19(14-12-18)28(3)4;1-3-6-4(2)5/h5-14,16H,15,17H2,1-4H3,(H,27,30);3H2,1-2H3/b8-5+,16-6+;. The van der Waals surface area contributed by atoms with Gasteiger partial charge in [-0.2, -0.15) is 0 Å². The molecule has 1 saturated heterocycles. The number of benzene rings is 2. The molecule has 6 nitrogen and oxygen atoms in total. The summed E-state index contributed by atoms with van der Waals surface area (Å²) in [4.78, 5) is 26.7. The Morgan fingerprint density at radius 2 is 1.86 bits per heavy atom. The van der Waals surface area contributed by atoms with Gasteiger partial charge in [-0.25, -0.2) is 0 Å². The van der Waals surface area contributed by atoms with Gasteiger partial charge in [-0.1, -0.05) is 56.3 Å². The Balaban J connectivity index is 0.000000538. The van der Waals surface area contributed by atoms with Crippen molar-refractivity contribution in [3.8, 4) is 0 Å². The number of rotatable bonds is 5. The third kappa shape index (κ3) is 5.51. The first-order chi connectivity index (χ1) is 17.0. The zero-order valence-corrected chi connectivity index (χ0v) is 23.6. The fourth-order valence-corrected chi connectivity index (χ4v) is 5.38. The molecule has 4 rings (SSSR count). The Morgan fingerprint density at radius 1 is 1.17 bits per heavy atom. The Morgan fingerprint density at radius 3 is 2.44 bits per heavy atom. The van der Waals surface area contributed by atoms with Crippen molar-refractivity contribution < 1.29 is 14.3 Å². The molecule has 0 aromatic heterocycles. The van der Waals surface area contributed by atoms with E-state index in [1.807, 2.05) is 20.2 Å². The van der Waals surface area contributed by atoms with E-state index in [0.29, 0.717) is 19.6 Å². The van der Waals surface area contributed by atoms with Crippen LogP contribution in [-0.4, -0.2) is 44.8 Å². The average molecular weight is 555 g/mol. The fraction of sp³-hybridized carbons (Fsp3) is 0.379. The minimum Gasteiger partial charge on any atom is -0.466 e. The number of hydrogen-bond acceptors (Lipinski definition) is 5. The lowest BCUT2D eigenvalue weighted by Crippen LogP contribution is -2.68. The predicted octanol–water partition coefficient (Wildman–Crippen LogP) is 5.67. The summed E-state index contributed by atoms with van der Waals surface area (Å²) in [5.41, 5.74) is 3.87. The van der Waals surface area contributed by atoms with E-state index in [1.165, 1.54) is 23.9 Å². The molecule has 1 N–H and O–H groups in total. The van der Waals surface area contributed by atoms with Crippen molar-refractivity contribution in [2.24, 2.45) is 0 Å². The van der Waals surface area contributed by atoms with E-state index in [9.17, 15) is 9.59 Å². The number of esters is 1. The summed E-state index contributed by atoms with van der Waals surface area (Å²) in [6, 6.07) is 14.8. The molecule has 0 saturated carbocycles. The summed E-state index contributed by atoms with van der Waals surface area (Å²) in [7, 11) is 4.08. The molecule has 2 aliphatic heterocycles. The molecule has 192 valence electrons. The first kappa shape index (κ1) is 27.5. The van der Waals surface area contributed by atoms with E-state index in [0.717, 1.165) is 10.0 Å². The van der Waals surface area contributed by atoms with Crippen LogP contribution in [0.25, 0.3) is 6.08 Å². The highest BCUT2D eigenvalue weighted by atomic mass is 79.9. The van der Waals surface area contributed by atoms with Gasteiger partial charge < -0.3 is 19.9 Å². The number of carbonyl (C=O) groups is 2. The number of halogens is 1. The molecular weight excluding hydrogens is 518 g/mol. The Hall–Kier alpha value is -3.06. The molecule has 1 atom stereocenters. The molecule has 2 heterocycles. The van der Waals surface area contributed by atoms with Crippen molar-refractivity contribution in [2.75, 3.05) is 37.0 Å². The molecule has 2 aromatic carbocycles. The van der Waals surface area contributed by atoms with E-state index in [1.54, 1.807) is 6.92 Å². The van der Waals surface area contributed by atoms with E-state index in [4.69, 9.17) is 0 Å². The first-order valence-corrected chi connectivity index (χ1v) is 13.0. The summed E-state index contributed by atoms with van der Waals surface area (Å²) in [5, 5.41) is 3.31. The smallest absolute Gasteiger partial charge is 0.302 e. The number of anilines is 2. The van der Waals surface area contributed by atoms with Crippen LogP contribution in [0.4, 0.5) is 11.4 Å². The molecule has 36 heavy (non-hydrogen) atoms. The second-order valence-corrected chi connectivity index (χ2v) is 10.5. The molecule has 7 heteroatoms. The zero-order chi connectivity index (χ0) is 26.5. The lowest BCUT2D eigenvalue weighted by molar-refractivity contribution is -0.140. The quantitative estimate of drug-likeness (QED) is 0.382. The largest absolute Gasteiger partial charge is 0.466 e. The normalized spacial score (nSPS) is 19.9. The van der Waals surface area contributed by atoms with Crippen molar-refractivity contribution in [1.29, 1.82) is 0 Å². The van der Waals surface area contributed by atoms with Crippen LogP contribution in [0.3, 0.4) is 0 Å². The maximum absolute atomic E-state index is 12.5. The summed E-state index contributed by atoms with van der Waals surface area (Å²) in [6.07, 6.45) is 8.83. The van der Waals surface area contributed by atoms with E-state index in [-0.39, 0.29) is 17.3 Å². The second kappa shape index (κ2) is 11.3. The zero-order valence-electron chi connectivity index (χ0n) is 22.0. The minimum atomic E-state index is -0.590. The van der Waals surface area contributed by atoms with Gasteiger partial charge in [-0.05, 0) is 58.3 Å². The van der Waals surface area contributed by atoms with Crippen molar-refractivity contribution >= 4 is 45.3 Å². The van der Waals surface area contributed by atoms with E-state index >= 15 is 0 Å². The Bertz CT molecular complexity index is 1150. The van der Waals surface area contributed by atoms with Gasteiger partial charge in [-0.3, -0.25) is 9.59 Å². The van der Waals surface area contributed by atoms with Crippen LogP contribution < -0.4 is 15.1 Å². The van der Waals surface area contributed by atoms with Crippen LogP contribution in [0.15, 0.2) is 65.2 Å². The lowest BCUT2D eigenvalue weighted by atomic mass is 9.74. The number of para-hydroxylation sites is 1. The molecule has 0 aliphatic carbocycles. The first-order valence-electron chi connectivity index (χ1n) is 12.2. The predicted molar refractivity (Wildman–Crippen MR) is 151 cm³/mol. The maximum Gasteiger partial charge on any atom is 0.302 e. The molecule has 0 radical (unpaired) electrons. The van der Waals surface area contributed by atoms with Crippen LogP contribution in [0, 0.1) is 0 Å². The van der Waals surface area contributed by atoms with Crippen molar-refractivity contribution in [2.45, 2.75) is 45.2 Å². The van der Waals surface area contributed by atoms with Gasteiger partial charge >= 0.3 is 5.97 Å². The highest BCUT2D eigenvalue weighted by Gasteiger charge is 2.58. The van der Waals surface area contributed by atoms with Crippen molar-refractivity contribution in [1.82, 2.24) is 5.32 Å². The fourth-order valence-electron chi connectivity index (χ4n) is 4.80. The molecule has 1 amide bonds. The van der Waals surface area contributed by atoms with E-state index < -0.39 is 5.66 Å². The highest BCUT2D eigenvalue weighted by Crippen LogP contribution is 2.54. The lowest BCUT2D eigenvalue weighted by Gasteiger charge is -2.49. The van der Waals surface area contributed by atoms with Gasteiger partial charge in [0, 0.05) is 49.6 Å². The number of carbonyl (C=O) groups excluding carboxylic acids is 2. The maximum atomic E-state index is 12.5. The number of allylic oxidation sites excluding steroid dienone is 2. The minimum absolute atomic E-state index is 0.0937. The van der Waals surface area contributed by atoms with Gasteiger partial charge in [0.1, 0.15) is 5.66 Å². The van der Waals surface area contributed by atoms with Crippen LogP contribution >= 0.6 is 15.9 Å². The van der Waals surface area contributed by atoms with Gasteiger partial charge in [0.05, 0.1) is 12.3 Å². The van der Waals surface area contributed by atoms with Crippen LogP contribution in [-0.2, 0) is 19.7 Å². The number of hydrogen-bond donors (Lipinski definition) is 1. The van der Waals surface area contributed by atoms with Gasteiger partial charge in [0.25, 0.3) is 0 Å². The number of nitrogens with zero attached hydrogens (tertiary/aromatic N) is 2.